The highest BCUT2D eigenvalue weighted by Crippen LogP contribution is 2.27. The Bertz CT molecular complexity index is 606. The minimum Gasteiger partial charge on any atom is -0.493 e. The normalized spacial score (nSPS) is 18.9. The smallest absolute Gasteiger partial charge is 0.119 e. The van der Waals surface area contributed by atoms with E-state index in [1.807, 2.05) is 0 Å². The molecule has 0 spiro atoms. The zero-order valence-corrected chi connectivity index (χ0v) is 20.7. The number of rotatable bonds is 11. The van der Waals surface area contributed by atoms with Crippen LogP contribution in [0, 0.1) is 17.3 Å². The van der Waals surface area contributed by atoms with E-state index in [1.54, 1.807) is 0 Å². The predicted molar refractivity (Wildman–Crippen MR) is 130 cm³/mol. The number of hydrogen-bond donors (Lipinski definition) is 1. The van der Waals surface area contributed by atoms with E-state index in [9.17, 15) is 0 Å². The third-order valence-corrected chi connectivity index (χ3v) is 5.74. The first-order chi connectivity index (χ1) is 14.0. The lowest BCUT2D eigenvalue weighted by Gasteiger charge is -2.32. The molecule has 0 aliphatic carbocycles. The Hall–Kier alpha value is -1.26. The lowest BCUT2D eigenvalue weighted by atomic mass is 9.99. The molecule has 1 aliphatic rings. The largest absolute Gasteiger partial charge is 0.493 e. The summed E-state index contributed by atoms with van der Waals surface area (Å²) in [5, 5.41) is 0. The fourth-order valence-electron chi connectivity index (χ4n) is 4.20. The van der Waals surface area contributed by atoms with Gasteiger partial charge in [-0.05, 0) is 60.8 Å². The number of nitrogens with zero attached hydrogens (tertiary/aromatic N) is 2. The lowest BCUT2D eigenvalue weighted by Crippen LogP contribution is -2.41. The fourth-order valence-corrected chi connectivity index (χ4v) is 4.20. The summed E-state index contributed by atoms with van der Waals surface area (Å²) in [6, 6.07) is 9.60. The minimum absolute atomic E-state index is 0.172. The molecule has 4 nitrogen and oxygen atoms in total. The molecule has 1 fully saturated rings. The van der Waals surface area contributed by atoms with E-state index in [-0.39, 0.29) is 11.5 Å². The van der Waals surface area contributed by atoms with Gasteiger partial charge in [0.1, 0.15) is 5.75 Å². The Kier molecular flexibility index (Phi) is 9.49. The van der Waals surface area contributed by atoms with Crippen molar-refractivity contribution >= 4 is 5.69 Å². The van der Waals surface area contributed by atoms with Crippen LogP contribution in [0.3, 0.4) is 0 Å². The average Bonchev–Trinajstić information content (AvgIpc) is 3.07. The van der Waals surface area contributed by atoms with E-state index in [4.69, 9.17) is 10.5 Å². The van der Waals surface area contributed by atoms with Crippen LogP contribution in [0.4, 0.5) is 5.69 Å². The summed E-state index contributed by atoms with van der Waals surface area (Å²) in [7, 11) is 0. The van der Waals surface area contributed by atoms with E-state index >= 15 is 0 Å². The van der Waals surface area contributed by atoms with Gasteiger partial charge >= 0.3 is 0 Å². The van der Waals surface area contributed by atoms with Crippen LogP contribution in [0.2, 0.25) is 0 Å². The Morgan fingerprint density at radius 1 is 1.10 bits per heavy atom. The zero-order valence-electron chi connectivity index (χ0n) is 20.7. The maximum absolute atomic E-state index is 6.39. The molecule has 1 heterocycles. The van der Waals surface area contributed by atoms with E-state index in [0.29, 0.717) is 17.9 Å². The highest BCUT2D eigenvalue weighted by Gasteiger charge is 2.29. The molecule has 0 radical (unpaired) electrons. The minimum atomic E-state index is 0.172. The molecule has 0 saturated carbocycles. The summed E-state index contributed by atoms with van der Waals surface area (Å²) in [6.07, 6.45) is 3.54. The quantitative estimate of drug-likeness (QED) is 0.522. The molecule has 30 heavy (non-hydrogen) atoms. The van der Waals surface area contributed by atoms with Gasteiger partial charge in [-0.15, -0.1) is 0 Å². The summed E-state index contributed by atoms with van der Waals surface area (Å²) in [6.45, 7) is 20.9. The zero-order chi connectivity index (χ0) is 22.3. The van der Waals surface area contributed by atoms with Crippen molar-refractivity contribution in [2.45, 2.75) is 79.8 Å². The average molecular weight is 418 g/mol. The van der Waals surface area contributed by atoms with Crippen molar-refractivity contribution in [3.63, 3.8) is 0 Å². The van der Waals surface area contributed by atoms with Crippen molar-refractivity contribution < 1.29 is 4.74 Å². The standard InChI is InChI=1S/C26H47N3O/c1-20(2)12-15-29(23-8-10-25(11-9-23)30-19-26(5,6)7)24-13-14-28(18-24)17-22(27)16-21(3)4/h8-11,20-22,24H,12-19,27H2,1-7H3/t22?,24-/m0/s1. The van der Waals surface area contributed by atoms with Gasteiger partial charge in [0.05, 0.1) is 6.61 Å². The second-order valence-electron chi connectivity index (χ2n) is 11.3. The van der Waals surface area contributed by atoms with E-state index in [0.717, 1.165) is 45.0 Å². The van der Waals surface area contributed by atoms with Gasteiger partial charge in [0, 0.05) is 44.0 Å². The molecular formula is C26H47N3O. The third kappa shape index (κ3) is 8.85. The topological polar surface area (TPSA) is 41.7 Å². The van der Waals surface area contributed by atoms with Gasteiger partial charge < -0.3 is 15.4 Å². The summed E-state index contributed by atoms with van der Waals surface area (Å²) < 4.78 is 5.98. The molecule has 1 aromatic carbocycles. The summed E-state index contributed by atoms with van der Waals surface area (Å²) in [4.78, 5) is 5.20. The molecule has 2 N–H and O–H groups in total. The van der Waals surface area contributed by atoms with Crippen molar-refractivity contribution in [3.8, 4) is 5.75 Å². The molecule has 2 atom stereocenters. The molecule has 2 rings (SSSR count). The number of benzene rings is 1. The Balaban J connectivity index is 2.01. The highest BCUT2D eigenvalue weighted by molar-refractivity contribution is 5.50. The molecule has 0 aromatic heterocycles. The first-order valence-electron chi connectivity index (χ1n) is 12.0. The SMILES string of the molecule is CC(C)CCN(c1ccc(OCC(C)(C)C)cc1)[C@H]1CCN(CC(N)CC(C)C)C1. The molecular weight excluding hydrogens is 370 g/mol. The van der Waals surface area contributed by atoms with Gasteiger partial charge in [-0.3, -0.25) is 4.90 Å². The third-order valence-electron chi connectivity index (χ3n) is 5.74. The summed E-state index contributed by atoms with van der Waals surface area (Å²) >= 11 is 0. The van der Waals surface area contributed by atoms with Crippen LogP contribution in [0.1, 0.15) is 67.7 Å². The second kappa shape index (κ2) is 11.4. The van der Waals surface area contributed by atoms with Crippen LogP contribution in [0.25, 0.3) is 0 Å². The van der Waals surface area contributed by atoms with Crippen molar-refractivity contribution in [2.75, 3.05) is 37.7 Å². The van der Waals surface area contributed by atoms with Crippen LogP contribution in [0.15, 0.2) is 24.3 Å². The Morgan fingerprint density at radius 2 is 1.77 bits per heavy atom. The van der Waals surface area contributed by atoms with Crippen molar-refractivity contribution in [1.82, 2.24) is 4.90 Å². The van der Waals surface area contributed by atoms with Crippen LogP contribution in [-0.4, -0.2) is 49.8 Å². The molecule has 1 aliphatic heterocycles. The summed E-state index contributed by atoms with van der Waals surface area (Å²) in [5.41, 5.74) is 7.88. The number of anilines is 1. The van der Waals surface area contributed by atoms with E-state index in [1.165, 1.54) is 18.5 Å². The molecule has 0 bridgehead atoms. The van der Waals surface area contributed by atoms with Crippen LogP contribution in [0.5, 0.6) is 5.75 Å². The predicted octanol–water partition coefficient (Wildman–Crippen LogP) is 5.41. The first-order valence-corrected chi connectivity index (χ1v) is 12.0. The van der Waals surface area contributed by atoms with Gasteiger partial charge in [-0.1, -0.05) is 48.5 Å². The first kappa shape index (κ1) is 25.0. The van der Waals surface area contributed by atoms with Crippen LogP contribution in [-0.2, 0) is 0 Å². The van der Waals surface area contributed by atoms with Gasteiger partial charge in [0.2, 0.25) is 0 Å². The van der Waals surface area contributed by atoms with Crippen molar-refractivity contribution in [1.29, 1.82) is 0 Å². The second-order valence-corrected chi connectivity index (χ2v) is 11.3. The highest BCUT2D eigenvalue weighted by atomic mass is 16.5. The number of ether oxygens (including phenoxy) is 1. The van der Waals surface area contributed by atoms with Gasteiger partial charge in [-0.25, -0.2) is 0 Å². The van der Waals surface area contributed by atoms with E-state index < -0.39 is 0 Å². The number of nitrogens with two attached hydrogens (primary N) is 1. The number of hydrogen-bond acceptors (Lipinski definition) is 4. The number of likely N-dealkylation sites (tertiary alicyclic amines) is 1. The van der Waals surface area contributed by atoms with Crippen molar-refractivity contribution in [2.24, 2.45) is 23.0 Å². The molecule has 172 valence electrons. The van der Waals surface area contributed by atoms with Crippen LogP contribution < -0.4 is 15.4 Å². The molecule has 0 amide bonds. The molecule has 1 unspecified atom stereocenters. The maximum Gasteiger partial charge on any atom is 0.119 e. The maximum atomic E-state index is 6.39. The Labute approximate surface area is 186 Å². The molecule has 1 saturated heterocycles. The molecule has 1 aromatic rings. The monoisotopic (exact) mass is 417 g/mol. The Morgan fingerprint density at radius 3 is 2.33 bits per heavy atom. The van der Waals surface area contributed by atoms with Gasteiger partial charge in [-0.2, -0.15) is 0 Å². The van der Waals surface area contributed by atoms with Gasteiger partial charge in [0.15, 0.2) is 0 Å². The summed E-state index contributed by atoms with van der Waals surface area (Å²) in [5.74, 6) is 2.34. The van der Waals surface area contributed by atoms with Crippen LogP contribution >= 0.6 is 0 Å². The van der Waals surface area contributed by atoms with Crippen molar-refractivity contribution in [3.05, 3.63) is 24.3 Å². The fraction of sp³-hybridized carbons (Fsp3) is 0.769. The van der Waals surface area contributed by atoms with E-state index in [2.05, 4.69) is 82.5 Å². The molecule has 4 heteroatoms. The van der Waals surface area contributed by atoms with Gasteiger partial charge in [0.25, 0.3) is 0 Å². The lowest BCUT2D eigenvalue weighted by molar-refractivity contribution is 0.198.